The van der Waals surface area contributed by atoms with Crippen LogP contribution in [-0.4, -0.2) is 65.0 Å². The Balaban J connectivity index is 1.48. The van der Waals surface area contributed by atoms with Gasteiger partial charge < -0.3 is 9.64 Å². The van der Waals surface area contributed by atoms with E-state index in [2.05, 4.69) is 28.6 Å². The Morgan fingerprint density at radius 1 is 1.03 bits per heavy atom. The van der Waals surface area contributed by atoms with Gasteiger partial charge >= 0.3 is 0 Å². The quantitative estimate of drug-likeness (QED) is 0.727. The third-order valence-electron chi connectivity index (χ3n) is 6.46. The fourth-order valence-electron chi connectivity index (χ4n) is 4.59. The molecule has 30 heavy (non-hydrogen) atoms. The predicted octanol–water partition coefficient (Wildman–Crippen LogP) is 3.20. The molecule has 0 radical (unpaired) electrons. The summed E-state index contributed by atoms with van der Waals surface area (Å²) in [7, 11) is 1.67. The Morgan fingerprint density at radius 3 is 2.40 bits per heavy atom. The molecule has 1 amide bonds. The maximum absolute atomic E-state index is 13.2. The van der Waals surface area contributed by atoms with Crippen molar-refractivity contribution >= 4 is 5.91 Å². The van der Waals surface area contributed by atoms with Gasteiger partial charge in [-0.05, 0) is 39.5 Å². The summed E-state index contributed by atoms with van der Waals surface area (Å²) in [6, 6.07) is 10.5. The number of benzene rings is 1. The van der Waals surface area contributed by atoms with E-state index in [9.17, 15) is 4.79 Å². The summed E-state index contributed by atoms with van der Waals surface area (Å²) in [6.07, 6.45) is 3.25. The van der Waals surface area contributed by atoms with Gasteiger partial charge in [0.2, 0.25) is 11.8 Å². The van der Waals surface area contributed by atoms with Gasteiger partial charge in [-0.15, -0.1) is 0 Å². The van der Waals surface area contributed by atoms with Crippen LogP contribution < -0.4 is 4.74 Å². The van der Waals surface area contributed by atoms with E-state index in [1.54, 1.807) is 7.11 Å². The van der Waals surface area contributed by atoms with Crippen molar-refractivity contribution in [1.82, 2.24) is 19.8 Å². The van der Waals surface area contributed by atoms with Gasteiger partial charge in [0.15, 0.2) is 5.82 Å². The molecule has 160 valence electrons. The van der Waals surface area contributed by atoms with Crippen molar-refractivity contribution in [3.05, 3.63) is 41.6 Å². The van der Waals surface area contributed by atoms with Crippen molar-refractivity contribution in [2.75, 3.05) is 33.3 Å². The molecule has 0 spiro atoms. The van der Waals surface area contributed by atoms with Crippen molar-refractivity contribution in [2.45, 2.75) is 45.6 Å². The van der Waals surface area contributed by atoms with Crippen LogP contribution in [0.5, 0.6) is 5.88 Å². The third kappa shape index (κ3) is 4.33. The molecular formula is C24H32N4O2. The van der Waals surface area contributed by atoms with Gasteiger partial charge in [0.25, 0.3) is 0 Å². The molecule has 1 saturated heterocycles. The predicted molar refractivity (Wildman–Crippen MR) is 117 cm³/mol. The number of rotatable bonds is 4. The van der Waals surface area contributed by atoms with Gasteiger partial charge in [0.05, 0.1) is 12.8 Å². The number of fused-ring (bicyclic) bond motifs is 1. The van der Waals surface area contributed by atoms with Gasteiger partial charge in [0.1, 0.15) is 0 Å². The average Bonchev–Trinajstić information content (AvgIpc) is 3.01. The van der Waals surface area contributed by atoms with E-state index in [0.717, 1.165) is 68.7 Å². The molecule has 1 aliphatic heterocycles. The van der Waals surface area contributed by atoms with Crippen molar-refractivity contribution in [3.8, 4) is 17.3 Å². The summed E-state index contributed by atoms with van der Waals surface area (Å²) in [4.78, 5) is 27.3. The lowest BCUT2D eigenvalue weighted by molar-refractivity contribution is -0.138. The maximum atomic E-state index is 13.2. The molecule has 1 atom stereocenters. The second kappa shape index (κ2) is 9.13. The normalized spacial score (nSPS) is 20.0. The first-order valence-corrected chi connectivity index (χ1v) is 11.1. The lowest BCUT2D eigenvalue weighted by Crippen LogP contribution is -2.52. The van der Waals surface area contributed by atoms with Crippen LogP contribution in [-0.2, 0) is 17.6 Å². The fourth-order valence-corrected chi connectivity index (χ4v) is 4.59. The maximum Gasteiger partial charge on any atom is 0.225 e. The van der Waals surface area contributed by atoms with Crippen LogP contribution in [0.25, 0.3) is 11.4 Å². The molecule has 6 nitrogen and oxygen atoms in total. The molecule has 1 aromatic heterocycles. The highest BCUT2D eigenvalue weighted by Crippen LogP contribution is 2.32. The molecule has 1 fully saturated rings. The lowest BCUT2D eigenvalue weighted by atomic mass is 9.97. The van der Waals surface area contributed by atoms with Crippen LogP contribution in [0.4, 0.5) is 0 Å². The van der Waals surface area contributed by atoms with E-state index in [4.69, 9.17) is 9.72 Å². The smallest absolute Gasteiger partial charge is 0.225 e. The van der Waals surface area contributed by atoms with Gasteiger partial charge in [-0.1, -0.05) is 30.3 Å². The number of carbonyl (C=O) groups is 1. The number of carbonyl (C=O) groups excluding carboxylic acids is 1. The minimum atomic E-state index is 0.0506. The van der Waals surface area contributed by atoms with Crippen LogP contribution in [0.15, 0.2) is 30.3 Å². The van der Waals surface area contributed by atoms with Crippen molar-refractivity contribution < 1.29 is 9.53 Å². The van der Waals surface area contributed by atoms with E-state index >= 15 is 0 Å². The number of hydrogen-bond acceptors (Lipinski definition) is 5. The highest BCUT2D eigenvalue weighted by molar-refractivity contribution is 5.79. The van der Waals surface area contributed by atoms with Gasteiger partial charge in [0, 0.05) is 49.3 Å². The Kier molecular flexibility index (Phi) is 6.32. The van der Waals surface area contributed by atoms with Crippen LogP contribution in [0.3, 0.4) is 0 Å². The second-order valence-corrected chi connectivity index (χ2v) is 8.58. The number of amides is 1. The topological polar surface area (TPSA) is 58.6 Å². The molecule has 2 aromatic rings. The Hall–Kier alpha value is -2.47. The average molecular weight is 409 g/mol. The zero-order chi connectivity index (χ0) is 21.1. The summed E-state index contributed by atoms with van der Waals surface area (Å²) in [5.41, 5.74) is 3.08. The Labute approximate surface area is 179 Å². The van der Waals surface area contributed by atoms with Crippen molar-refractivity contribution in [1.29, 1.82) is 0 Å². The summed E-state index contributed by atoms with van der Waals surface area (Å²) < 4.78 is 5.62. The first kappa shape index (κ1) is 20.8. The summed E-state index contributed by atoms with van der Waals surface area (Å²) in [5.74, 6) is 1.70. The Bertz CT molecular complexity index is 876. The van der Waals surface area contributed by atoms with Crippen LogP contribution in [0.1, 0.15) is 37.9 Å². The van der Waals surface area contributed by atoms with Crippen LogP contribution in [0.2, 0.25) is 0 Å². The highest BCUT2D eigenvalue weighted by atomic mass is 16.5. The van der Waals surface area contributed by atoms with E-state index in [1.807, 2.05) is 30.3 Å². The summed E-state index contributed by atoms with van der Waals surface area (Å²) in [5, 5.41) is 0. The standard InChI is InChI=1S/C24H32N4O2/c1-17(2)27-13-15-28(16-14-27)24(29)19-9-11-20-21(12-10-19)25-22(26-23(20)30-3)18-7-5-4-6-8-18/h4-8,17,19H,9-16H2,1-3H3. The number of methoxy groups -OCH3 is 1. The van der Waals surface area contributed by atoms with Crippen LogP contribution >= 0.6 is 0 Å². The molecule has 0 bridgehead atoms. The molecule has 1 aliphatic carbocycles. The zero-order valence-electron chi connectivity index (χ0n) is 18.3. The van der Waals surface area contributed by atoms with Gasteiger partial charge in [-0.25, -0.2) is 4.98 Å². The molecule has 1 aromatic carbocycles. The molecule has 0 N–H and O–H groups in total. The number of aryl methyl sites for hydroxylation is 1. The van der Waals surface area contributed by atoms with Crippen molar-refractivity contribution in [2.24, 2.45) is 5.92 Å². The van der Waals surface area contributed by atoms with Gasteiger partial charge in [-0.3, -0.25) is 9.69 Å². The fraction of sp³-hybridized carbons (Fsp3) is 0.542. The van der Waals surface area contributed by atoms with E-state index in [1.165, 1.54) is 0 Å². The number of piperazine rings is 1. The van der Waals surface area contributed by atoms with Crippen LogP contribution in [0, 0.1) is 5.92 Å². The minimum absolute atomic E-state index is 0.0506. The van der Waals surface area contributed by atoms with E-state index in [-0.39, 0.29) is 5.92 Å². The zero-order valence-corrected chi connectivity index (χ0v) is 18.3. The lowest BCUT2D eigenvalue weighted by Gasteiger charge is -2.38. The molecule has 2 aliphatic rings. The third-order valence-corrected chi connectivity index (χ3v) is 6.46. The first-order valence-electron chi connectivity index (χ1n) is 11.1. The van der Waals surface area contributed by atoms with E-state index in [0.29, 0.717) is 23.7 Å². The molecular weight excluding hydrogens is 376 g/mol. The van der Waals surface area contributed by atoms with Crippen molar-refractivity contribution in [3.63, 3.8) is 0 Å². The number of ether oxygens (including phenoxy) is 1. The molecule has 6 heteroatoms. The SMILES string of the molecule is COc1nc(-c2ccccc2)nc2c1CCC(C(=O)N1CCN(C(C)C)CC1)CC2. The van der Waals surface area contributed by atoms with E-state index < -0.39 is 0 Å². The highest BCUT2D eigenvalue weighted by Gasteiger charge is 2.31. The summed E-state index contributed by atoms with van der Waals surface area (Å²) in [6.45, 7) is 8.05. The second-order valence-electron chi connectivity index (χ2n) is 8.58. The largest absolute Gasteiger partial charge is 0.481 e. The first-order chi connectivity index (χ1) is 14.6. The molecule has 1 unspecified atom stereocenters. The Morgan fingerprint density at radius 2 is 1.73 bits per heavy atom. The number of nitrogens with zero attached hydrogens (tertiary/aromatic N) is 4. The monoisotopic (exact) mass is 408 g/mol. The summed E-state index contributed by atoms with van der Waals surface area (Å²) >= 11 is 0. The molecule has 0 saturated carbocycles. The molecule has 4 rings (SSSR count). The number of aromatic nitrogens is 2. The van der Waals surface area contributed by atoms with Gasteiger partial charge in [-0.2, -0.15) is 4.98 Å². The molecule has 2 heterocycles. The number of hydrogen-bond donors (Lipinski definition) is 0. The minimum Gasteiger partial charge on any atom is -0.481 e.